The second-order valence-corrected chi connectivity index (χ2v) is 6.77. The molecule has 0 unspecified atom stereocenters. The van der Waals surface area contributed by atoms with Crippen molar-refractivity contribution in [3.63, 3.8) is 0 Å². The van der Waals surface area contributed by atoms with E-state index in [-0.39, 0.29) is 24.3 Å². The van der Waals surface area contributed by atoms with Gasteiger partial charge in [-0.25, -0.2) is 4.99 Å². The number of guanidine groups is 1. The maximum atomic E-state index is 12.1. The molecule has 1 amide bonds. The third kappa shape index (κ3) is 7.21. The first-order valence-electron chi connectivity index (χ1n) is 10.1. The normalized spacial score (nSPS) is 15.2. The molecule has 1 aromatic carbocycles. The Kier molecular flexibility index (Phi) is 9.31. The molecule has 0 aromatic heterocycles. The van der Waals surface area contributed by atoms with E-state index in [1.807, 2.05) is 44.2 Å². The van der Waals surface area contributed by atoms with E-state index in [1.54, 1.807) is 0 Å². The summed E-state index contributed by atoms with van der Waals surface area (Å²) in [6.07, 6.45) is 2.29. The SMILES string of the molecule is CCNC(=NCC(=O)NCCc1ccccc1)N1CCC(C(=O)OCC)CC1. The molecule has 2 rings (SSSR count). The predicted octanol–water partition coefficient (Wildman–Crippen LogP) is 1.59. The molecule has 1 aliphatic rings. The van der Waals surface area contributed by atoms with Crippen LogP contribution in [0.15, 0.2) is 35.3 Å². The fraction of sp³-hybridized carbons (Fsp3) is 0.571. The number of carbonyl (C=O) groups excluding carboxylic acids is 2. The number of carbonyl (C=O) groups is 2. The number of rotatable bonds is 8. The van der Waals surface area contributed by atoms with Crippen LogP contribution >= 0.6 is 0 Å². The Hall–Kier alpha value is -2.57. The summed E-state index contributed by atoms with van der Waals surface area (Å²) in [5, 5.41) is 6.15. The summed E-state index contributed by atoms with van der Waals surface area (Å²) >= 11 is 0. The molecule has 0 bridgehead atoms. The number of piperidine rings is 1. The number of amides is 1. The summed E-state index contributed by atoms with van der Waals surface area (Å²) in [5.41, 5.74) is 1.20. The van der Waals surface area contributed by atoms with Crippen molar-refractivity contribution < 1.29 is 14.3 Å². The molecule has 7 heteroatoms. The van der Waals surface area contributed by atoms with Gasteiger partial charge in [-0.3, -0.25) is 9.59 Å². The van der Waals surface area contributed by atoms with Crippen LogP contribution in [0.1, 0.15) is 32.3 Å². The first-order chi connectivity index (χ1) is 13.6. The van der Waals surface area contributed by atoms with Gasteiger partial charge in [0.2, 0.25) is 5.91 Å². The highest BCUT2D eigenvalue weighted by atomic mass is 16.5. The minimum Gasteiger partial charge on any atom is -0.466 e. The molecule has 154 valence electrons. The van der Waals surface area contributed by atoms with Crippen LogP contribution in [0.25, 0.3) is 0 Å². The Balaban J connectivity index is 1.78. The molecule has 7 nitrogen and oxygen atoms in total. The Morgan fingerprint density at radius 1 is 1.14 bits per heavy atom. The van der Waals surface area contributed by atoms with E-state index in [0.29, 0.717) is 13.2 Å². The molecule has 2 N–H and O–H groups in total. The summed E-state index contributed by atoms with van der Waals surface area (Å²) in [6, 6.07) is 10.1. The van der Waals surface area contributed by atoms with Crippen LogP contribution in [0.4, 0.5) is 0 Å². The molecule has 0 saturated carbocycles. The maximum Gasteiger partial charge on any atom is 0.309 e. The van der Waals surface area contributed by atoms with Gasteiger partial charge in [0.1, 0.15) is 6.54 Å². The number of ether oxygens (including phenoxy) is 1. The largest absolute Gasteiger partial charge is 0.466 e. The van der Waals surface area contributed by atoms with Gasteiger partial charge in [0.15, 0.2) is 5.96 Å². The van der Waals surface area contributed by atoms with Crippen LogP contribution in [0.2, 0.25) is 0 Å². The van der Waals surface area contributed by atoms with E-state index in [2.05, 4.69) is 20.5 Å². The molecule has 1 fully saturated rings. The van der Waals surface area contributed by atoms with Gasteiger partial charge in [-0.05, 0) is 38.7 Å². The molecule has 0 atom stereocenters. The minimum atomic E-state index is -0.109. The Morgan fingerprint density at radius 2 is 1.86 bits per heavy atom. The molecule has 0 radical (unpaired) electrons. The van der Waals surface area contributed by atoms with Crippen LogP contribution in [0.5, 0.6) is 0 Å². The summed E-state index contributed by atoms with van der Waals surface area (Å²) in [4.78, 5) is 30.6. The lowest BCUT2D eigenvalue weighted by molar-refractivity contribution is -0.149. The monoisotopic (exact) mass is 388 g/mol. The van der Waals surface area contributed by atoms with Crippen molar-refractivity contribution >= 4 is 17.8 Å². The first-order valence-corrected chi connectivity index (χ1v) is 10.1. The Labute approximate surface area is 167 Å². The highest BCUT2D eigenvalue weighted by molar-refractivity contribution is 5.85. The average molecular weight is 389 g/mol. The number of hydrogen-bond donors (Lipinski definition) is 2. The van der Waals surface area contributed by atoms with Gasteiger partial charge in [0.25, 0.3) is 0 Å². The lowest BCUT2D eigenvalue weighted by Gasteiger charge is -2.33. The number of aliphatic imine (C=N–C) groups is 1. The van der Waals surface area contributed by atoms with Crippen molar-refractivity contribution in [2.45, 2.75) is 33.1 Å². The van der Waals surface area contributed by atoms with Crippen LogP contribution in [-0.4, -0.2) is 62.1 Å². The zero-order valence-electron chi connectivity index (χ0n) is 16.9. The Morgan fingerprint density at radius 3 is 2.50 bits per heavy atom. The van der Waals surface area contributed by atoms with Crippen molar-refractivity contribution in [2.75, 3.05) is 39.3 Å². The van der Waals surface area contributed by atoms with E-state index in [1.165, 1.54) is 5.56 Å². The van der Waals surface area contributed by atoms with Crippen molar-refractivity contribution in [1.82, 2.24) is 15.5 Å². The maximum absolute atomic E-state index is 12.1. The van der Waals surface area contributed by atoms with Crippen molar-refractivity contribution in [3.8, 4) is 0 Å². The highest BCUT2D eigenvalue weighted by Gasteiger charge is 2.27. The Bertz CT molecular complexity index is 640. The van der Waals surface area contributed by atoms with Crippen molar-refractivity contribution in [1.29, 1.82) is 0 Å². The predicted molar refractivity (Wildman–Crippen MR) is 110 cm³/mol. The van der Waals surface area contributed by atoms with Gasteiger partial charge in [0.05, 0.1) is 12.5 Å². The molecular formula is C21H32N4O3. The topological polar surface area (TPSA) is 83.0 Å². The molecule has 1 aromatic rings. The molecular weight excluding hydrogens is 356 g/mol. The van der Waals surface area contributed by atoms with Gasteiger partial charge in [0, 0.05) is 26.2 Å². The second-order valence-electron chi connectivity index (χ2n) is 6.77. The first kappa shape index (κ1) is 21.7. The summed E-state index contributed by atoms with van der Waals surface area (Å²) in [5.74, 6) is 0.484. The molecule has 0 aliphatic carbocycles. The van der Waals surface area contributed by atoms with Gasteiger partial charge in [-0.15, -0.1) is 0 Å². The zero-order chi connectivity index (χ0) is 20.2. The smallest absolute Gasteiger partial charge is 0.309 e. The number of hydrogen-bond acceptors (Lipinski definition) is 4. The third-order valence-corrected chi connectivity index (χ3v) is 4.70. The van der Waals surface area contributed by atoms with Crippen LogP contribution in [-0.2, 0) is 20.7 Å². The quantitative estimate of drug-likeness (QED) is 0.401. The van der Waals surface area contributed by atoms with Crippen molar-refractivity contribution in [2.24, 2.45) is 10.9 Å². The van der Waals surface area contributed by atoms with Gasteiger partial charge < -0.3 is 20.3 Å². The van der Waals surface area contributed by atoms with E-state index < -0.39 is 0 Å². The van der Waals surface area contributed by atoms with E-state index in [0.717, 1.165) is 44.9 Å². The van der Waals surface area contributed by atoms with Crippen molar-refractivity contribution in [3.05, 3.63) is 35.9 Å². The second kappa shape index (κ2) is 12.0. The van der Waals surface area contributed by atoms with Gasteiger partial charge >= 0.3 is 5.97 Å². The summed E-state index contributed by atoms with van der Waals surface area (Å²) < 4.78 is 5.12. The fourth-order valence-corrected chi connectivity index (χ4v) is 3.21. The van der Waals surface area contributed by atoms with Crippen LogP contribution < -0.4 is 10.6 Å². The van der Waals surface area contributed by atoms with Crippen LogP contribution in [0.3, 0.4) is 0 Å². The molecule has 28 heavy (non-hydrogen) atoms. The number of benzene rings is 1. The molecule has 1 heterocycles. The van der Waals surface area contributed by atoms with E-state index in [4.69, 9.17) is 4.74 Å². The average Bonchev–Trinajstić information content (AvgIpc) is 2.72. The number of nitrogens with zero attached hydrogens (tertiary/aromatic N) is 2. The third-order valence-electron chi connectivity index (χ3n) is 4.70. The standard InChI is InChI=1S/C21H32N4O3/c1-3-22-21(25-14-11-18(12-15-25)20(27)28-4-2)24-16-19(26)23-13-10-17-8-6-5-7-9-17/h5-9,18H,3-4,10-16H2,1-2H3,(H,22,24)(H,23,26). The minimum absolute atomic E-state index is 0.0413. The molecule has 0 spiro atoms. The molecule has 1 saturated heterocycles. The van der Waals surface area contributed by atoms with Gasteiger partial charge in [-0.2, -0.15) is 0 Å². The summed E-state index contributed by atoms with van der Waals surface area (Å²) in [7, 11) is 0. The number of nitrogens with one attached hydrogen (secondary N) is 2. The summed E-state index contributed by atoms with van der Waals surface area (Å²) in [6.45, 7) is 7.12. The number of esters is 1. The number of likely N-dealkylation sites (tertiary alicyclic amines) is 1. The van der Waals surface area contributed by atoms with E-state index in [9.17, 15) is 9.59 Å². The lowest BCUT2D eigenvalue weighted by Crippen LogP contribution is -2.47. The van der Waals surface area contributed by atoms with Gasteiger partial charge in [-0.1, -0.05) is 30.3 Å². The van der Waals surface area contributed by atoms with E-state index >= 15 is 0 Å². The molecule has 1 aliphatic heterocycles. The fourth-order valence-electron chi connectivity index (χ4n) is 3.21. The highest BCUT2D eigenvalue weighted by Crippen LogP contribution is 2.18. The lowest BCUT2D eigenvalue weighted by atomic mass is 9.97. The van der Waals surface area contributed by atoms with Crippen LogP contribution in [0, 0.1) is 5.92 Å². The zero-order valence-corrected chi connectivity index (χ0v) is 16.9.